The summed E-state index contributed by atoms with van der Waals surface area (Å²) in [5, 5.41) is 0. The Morgan fingerprint density at radius 3 is 1.65 bits per heavy atom. The zero-order valence-corrected chi connectivity index (χ0v) is 11.8. The van der Waals surface area contributed by atoms with Crippen molar-refractivity contribution in [3.05, 3.63) is 24.3 Å². The van der Waals surface area contributed by atoms with Crippen LogP contribution in [0, 0.1) is 0 Å². The molecule has 0 aliphatic carbocycles. The van der Waals surface area contributed by atoms with Gasteiger partial charge in [-0.15, -0.1) is 0 Å². The summed E-state index contributed by atoms with van der Waals surface area (Å²) < 4.78 is 23.1. The van der Waals surface area contributed by atoms with Crippen molar-refractivity contribution in [2.75, 3.05) is 13.2 Å². The molecule has 1 aromatic rings. The first-order valence-corrected chi connectivity index (χ1v) is 7.57. The number of benzene rings is 1. The van der Waals surface area contributed by atoms with Crippen molar-refractivity contribution in [2.24, 2.45) is 0 Å². The summed E-state index contributed by atoms with van der Waals surface area (Å²) in [5.74, 6) is 1.49. The van der Waals surface area contributed by atoms with Gasteiger partial charge in [0.05, 0.1) is 13.2 Å². The smallest absolute Gasteiger partial charge is 0.200 e. The molecule has 3 rings (SSSR count). The van der Waals surface area contributed by atoms with Crippen molar-refractivity contribution < 1.29 is 18.9 Å². The maximum atomic E-state index is 5.93. The first kappa shape index (κ1) is 13.7. The Kier molecular flexibility index (Phi) is 4.77. The fourth-order valence-electron chi connectivity index (χ4n) is 2.54. The predicted octanol–water partition coefficient (Wildman–Crippen LogP) is 3.50. The van der Waals surface area contributed by atoms with Gasteiger partial charge in [0.15, 0.2) is 24.1 Å². The average Bonchev–Trinajstić information content (AvgIpc) is 2.51. The average molecular weight is 278 g/mol. The van der Waals surface area contributed by atoms with Gasteiger partial charge < -0.3 is 18.9 Å². The molecule has 0 bridgehead atoms. The zero-order chi connectivity index (χ0) is 13.6. The van der Waals surface area contributed by atoms with Gasteiger partial charge in [-0.25, -0.2) is 0 Å². The lowest BCUT2D eigenvalue weighted by molar-refractivity contribution is -0.119. The minimum Gasteiger partial charge on any atom is -0.461 e. The van der Waals surface area contributed by atoms with Gasteiger partial charge in [0.2, 0.25) is 0 Å². The van der Waals surface area contributed by atoms with E-state index in [0.717, 1.165) is 63.2 Å². The lowest BCUT2D eigenvalue weighted by Crippen LogP contribution is -2.27. The lowest BCUT2D eigenvalue weighted by Gasteiger charge is -2.27. The standard InChI is InChI=1S/C16H22O4/c1-2-8-14(20-16-10-4-6-12-18-16)13(7-1)19-15-9-3-5-11-17-15/h1-2,7-8,15-16H,3-6,9-12H2/t15-,16+. The van der Waals surface area contributed by atoms with Crippen LogP contribution in [0.15, 0.2) is 24.3 Å². The van der Waals surface area contributed by atoms with E-state index in [1.54, 1.807) is 0 Å². The summed E-state index contributed by atoms with van der Waals surface area (Å²) in [5.41, 5.74) is 0. The molecule has 2 saturated heterocycles. The van der Waals surface area contributed by atoms with Crippen LogP contribution in [0.3, 0.4) is 0 Å². The second-order valence-electron chi connectivity index (χ2n) is 5.27. The molecule has 0 N–H and O–H groups in total. The molecule has 0 saturated carbocycles. The monoisotopic (exact) mass is 278 g/mol. The Hall–Kier alpha value is -1.26. The van der Waals surface area contributed by atoms with E-state index in [1.165, 1.54) is 0 Å². The quantitative estimate of drug-likeness (QED) is 0.844. The largest absolute Gasteiger partial charge is 0.461 e. The Balaban J connectivity index is 1.63. The molecule has 0 spiro atoms. The van der Waals surface area contributed by atoms with E-state index in [4.69, 9.17) is 18.9 Å². The molecule has 0 radical (unpaired) electrons. The molecule has 0 amide bonds. The van der Waals surface area contributed by atoms with Crippen LogP contribution in [0.5, 0.6) is 11.5 Å². The van der Waals surface area contributed by atoms with E-state index in [9.17, 15) is 0 Å². The van der Waals surface area contributed by atoms with Crippen LogP contribution >= 0.6 is 0 Å². The van der Waals surface area contributed by atoms with E-state index in [2.05, 4.69) is 0 Å². The van der Waals surface area contributed by atoms with Crippen LogP contribution in [0.2, 0.25) is 0 Å². The van der Waals surface area contributed by atoms with Gasteiger partial charge in [0.25, 0.3) is 0 Å². The summed E-state index contributed by atoms with van der Waals surface area (Å²) in [6, 6.07) is 7.76. The Morgan fingerprint density at radius 2 is 1.25 bits per heavy atom. The van der Waals surface area contributed by atoms with Crippen LogP contribution in [-0.4, -0.2) is 25.8 Å². The van der Waals surface area contributed by atoms with Crippen molar-refractivity contribution in [3.63, 3.8) is 0 Å². The van der Waals surface area contributed by atoms with Gasteiger partial charge in [-0.2, -0.15) is 0 Å². The normalized spacial score (nSPS) is 27.0. The van der Waals surface area contributed by atoms with E-state index in [-0.39, 0.29) is 12.6 Å². The van der Waals surface area contributed by atoms with Gasteiger partial charge in [-0.1, -0.05) is 12.1 Å². The third-order valence-electron chi connectivity index (χ3n) is 3.64. The number of hydrogen-bond donors (Lipinski definition) is 0. The molecule has 20 heavy (non-hydrogen) atoms. The van der Waals surface area contributed by atoms with Gasteiger partial charge in [-0.3, -0.25) is 0 Å². The van der Waals surface area contributed by atoms with E-state index >= 15 is 0 Å². The Bertz CT molecular complexity index is 370. The Labute approximate surface area is 120 Å². The summed E-state index contributed by atoms with van der Waals surface area (Å²) >= 11 is 0. The second-order valence-corrected chi connectivity index (χ2v) is 5.27. The fraction of sp³-hybridized carbons (Fsp3) is 0.625. The topological polar surface area (TPSA) is 36.9 Å². The fourth-order valence-corrected chi connectivity index (χ4v) is 2.54. The minimum atomic E-state index is -0.152. The van der Waals surface area contributed by atoms with Crippen LogP contribution in [-0.2, 0) is 9.47 Å². The summed E-state index contributed by atoms with van der Waals surface area (Å²) in [6.07, 6.45) is 6.12. The predicted molar refractivity (Wildman–Crippen MR) is 74.9 cm³/mol. The highest BCUT2D eigenvalue weighted by atomic mass is 16.7. The van der Waals surface area contributed by atoms with E-state index in [0.29, 0.717) is 0 Å². The highest BCUT2D eigenvalue weighted by Crippen LogP contribution is 2.31. The third-order valence-corrected chi connectivity index (χ3v) is 3.64. The number of para-hydroxylation sites is 2. The molecule has 110 valence electrons. The van der Waals surface area contributed by atoms with E-state index < -0.39 is 0 Å². The third kappa shape index (κ3) is 3.64. The first-order chi connectivity index (χ1) is 9.92. The molecule has 4 nitrogen and oxygen atoms in total. The summed E-state index contributed by atoms with van der Waals surface area (Å²) in [6.45, 7) is 1.55. The molecule has 4 heteroatoms. The van der Waals surface area contributed by atoms with Gasteiger partial charge >= 0.3 is 0 Å². The number of hydrogen-bond acceptors (Lipinski definition) is 4. The molecule has 2 heterocycles. The maximum absolute atomic E-state index is 5.93. The van der Waals surface area contributed by atoms with Crippen LogP contribution in [0.25, 0.3) is 0 Å². The number of rotatable bonds is 4. The summed E-state index contributed by atoms with van der Waals surface area (Å²) in [7, 11) is 0. The maximum Gasteiger partial charge on any atom is 0.200 e. The molecule has 2 aliphatic rings. The Morgan fingerprint density at radius 1 is 0.750 bits per heavy atom. The van der Waals surface area contributed by atoms with Crippen molar-refractivity contribution in [2.45, 2.75) is 51.1 Å². The van der Waals surface area contributed by atoms with Gasteiger partial charge in [0, 0.05) is 12.8 Å². The van der Waals surface area contributed by atoms with Crippen molar-refractivity contribution >= 4 is 0 Å². The molecule has 2 fully saturated rings. The second kappa shape index (κ2) is 6.95. The highest BCUT2D eigenvalue weighted by molar-refractivity contribution is 5.39. The zero-order valence-electron chi connectivity index (χ0n) is 11.8. The van der Waals surface area contributed by atoms with Crippen LogP contribution in [0.4, 0.5) is 0 Å². The highest BCUT2D eigenvalue weighted by Gasteiger charge is 2.20. The number of ether oxygens (including phenoxy) is 4. The lowest BCUT2D eigenvalue weighted by atomic mass is 10.2. The minimum absolute atomic E-state index is 0.152. The van der Waals surface area contributed by atoms with Gasteiger partial charge in [-0.05, 0) is 37.8 Å². The van der Waals surface area contributed by atoms with E-state index in [1.807, 2.05) is 24.3 Å². The molecular weight excluding hydrogens is 256 g/mol. The molecule has 0 aromatic heterocycles. The molecular formula is C16H22O4. The molecule has 1 aromatic carbocycles. The molecule has 0 unspecified atom stereocenters. The van der Waals surface area contributed by atoms with Crippen molar-refractivity contribution in [1.29, 1.82) is 0 Å². The first-order valence-electron chi connectivity index (χ1n) is 7.57. The van der Waals surface area contributed by atoms with Crippen LogP contribution in [0.1, 0.15) is 38.5 Å². The molecule has 2 atom stereocenters. The van der Waals surface area contributed by atoms with Crippen LogP contribution < -0.4 is 9.47 Å². The molecule has 2 aliphatic heterocycles. The summed E-state index contributed by atoms with van der Waals surface area (Å²) in [4.78, 5) is 0. The van der Waals surface area contributed by atoms with Gasteiger partial charge in [0.1, 0.15) is 0 Å². The van der Waals surface area contributed by atoms with Crippen molar-refractivity contribution in [1.82, 2.24) is 0 Å². The SMILES string of the molecule is c1ccc(O[C@H]2CCCCO2)c(O[C@@H]2CCCCO2)c1. The van der Waals surface area contributed by atoms with Crippen molar-refractivity contribution in [3.8, 4) is 11.5 Å².